The summed E-state index contributed by atoms with van der Waals surface area (Å²) in [5, 5.41) is 0. The lowest BCUT2D eigenvalue weighted by Crippen LogP contribution is -2.47. The molecule has 1 spiro atoms. The molecule has 32 heavy (non-hydrogen) atoms. The molecule has 2 heterocycles. The van der Waals surface area contributed by atoms with Gasteiger partial charge in [-0.05, 0) is 92.8 Å². The van der Waals surface area contributed by atoms with Crippen LogP contribution in [0, 0.1) is 5.41 Å². The highest BCUT2D eigenvalue weighted by atomic mass is 16.2. The average molecular weight is 434 g/mol. The Hall–Kier alpha value is -2.20. The molecule has 0 radical (unpaired) electrons. The van der Waals surface area contributed by atoms with Crippen LogP contribution in [0.2, 0.25) is 0 Å². The lowest BCUT2D eigenvalue weighted by atomic mass is 9.63. The standard InChI is InChI=1S/C28H39N3O/c1-5-31(26(32)22-9-8-17-29-21-22)25-12-13-28(24-11-7-6-10-23(24)25)15-19-30(20-16-28)18-14-27(2,3)4/h6-11,17,21,25H,5,12-16,18-20H2,1-4H3/t25-/m1/s1. The molecule has 1 amide bonds. The molecule has 1 aromatic heterocycles. The van der Waals surface area contributed by atoms with Crippen molar-refractivity contribution in [1.82, 2.24) is 14.8 Å². The van der Waals surface area contributed by atoms with E-state index in [9.17, 15) is 4.79 Å². The molecule has 0 unspecified atom stereocenters. The molecule has 172 valence electrons. The zero-order chi connectivity index (χ0) is 22.8. The van der Waals surface area contributed by atoms with Gasteiger partial charge in [0.25, 0.3) is 5.91 Å². The van der Waals surface area contributed by atoms with Gasteiger partial charge in [0.2, 0.25) is 0 Å². The number of piperidine rings is 1. The highest BCUT2D eigenvalue weighted by molar-refractivity contribution is 5.94. The second kappa shape index (κ2) is 9.35. The third-order valence-electron chi connectivity index (χ3n) is 7.66. The third kappa shape index (κ3) is 4.76. The minimum atomic E-state index is 0.0911. The van der Waals surface area contributed by atoms with Crippen molar-refractivity contribution in [3.8, 4) is 0 Å². The molecule has 2 aromatic rings. The van der Waals surface area contributed by atoms with Crippen LogP contribution in [0.3, 0.4) is 0 Å². The fourth-order valence-electron chi connectivity index (χ4n) is 5.68. The second-order valence-electron chi connectivity index (χ2n) is 10.9. The van der Waals surface area contributed by atoms with Gasteiger partial charge in [-0.1, -0.05) is 45.0 Å². The van der Waals surface area contributed by atoms with Crippen LogP contribution < -0.4 is 0 Å². The van der Waals surface area contributed by atoms with Gasteiger partial charge in [-0.15, -0.1) is 0 Å². The fourth-order valence-corrected chi connectivity index (χ4v) is 5.68. The third-order valence-corrected chi connectivity index (χ3v) is 7.66. The van der Waals surface area contributed by atoms with Crippen LogP contribution in [0.4, 0.5) is 0 Å². The monoisotopic (exact) mass is 433 g/mol. The number of nitrogens with zero attached hydrogens (tertiary/aromatic N) is 3. The number of carbonyl (C=O) groups is 1. The number of hydrogen-bond donors (Lipinski definition) is 0. The molecule has 4 rings (SSSR count). The van der Waals surface area contributed by atoms with Crippen LogP contribution in [0.5, 0.6) is 0 Å². The summed E-state index contributed by atoms with van der Waals surface area (Å²) in [6.45, 7) is 13.4. The quantitative estimate of drug-likeness (QED) is 0.593. The van der Waals surface area contributed by atoms with E-state index in [1.54, 1.807) is 12.4 Å². The highest BCUT2D eigenvalue weighted by Crippen LogP contribution is 2.49. The summed E-state index contributed by atoms with van der Waals surface area (Å²) < 4.78 is 0. The molecule has 1 fully saturated rings. The Morgan fingerprint density at radius 2 is 1.88 bits per heavy atom. The van der Waals surface area contributed by atoms with Crippen molar-refractivity contribution >= 4 is 5.91 Å². The van der Waals surface area contributed by atoms with Crippen LogP contribution in [0.25, 0.3) is 0 Å². The smallest absolute Gasteiger partial charge is 0.255 e. The van der Waals surface area contributed by atoms with Crippen molar-refractivity contribution in [2.75, 3.05) is 26.2 Å². The van der Waals surface area contributed by atoms with Gasteiger partial charge in [0, 0.05) is 18.9 Å². The van der Waals surface area contributed by atoms with E-state index in [0.29, 0.717) is 17.5 Å². The predicted molar refractivity (Wildman–Crippen MR) is 131 cm³/mol. The summed E-state index contributed by atoms with van der Waals surface area (Å²) in [6, 6.07) is 12.8. The number of aromatic nitrogens is 1. The molecule has 4 heteroatoms. The first-order valence-corrected chi connectivity index (χ1v) is 12.4. The molecule has 0 saturated carbocycles. The van der Waals surface area contributed by atoms with Gasteiger partial charge in [-0.25, -0.2) is 0 Å². The molecule has 0 N–H and O–H groups in total. The topological polar surface area (TPSA) is 36.4 Å². The maximum Gasteiger partial charge on any atom is 0.255 e. The van der Waals surface area contributed by atoms with Crippen LogP contribution in [0.15, 0.2) is 48.8 Å². The SMILES string of the molecule is CCN(C(=O)c1cccnc1)[C@@H]1CCC2(CCN(CCC(C)(C)C)CC2)c2ccccc21. The molecule has 1 saturated heterocycles. The molecule has 4 nitrogen and oxygen atoms in total. The van der Waals surface area contributed by atoms with Crippen molar-refractivity contribution in [2.45, 2.75) is 71.3 Å². The second-order valence-corrected chi connectivity index (χ2v) is 10.9. The number of likely N-dealkylation sites (tertiary alicyclic amines) is 1. The Morgan fingerprint density at radius 3 is 2.53 bits per heavy atom. The summed E-state index contributed by atoms with van der Waals surface area (Å²) in [5.74, 6) is 0.0911. The largest absolute Gasteiger partial charge is 0.332 e. The maximum atomic E-state index is 13.3. The predicted octanol–water partition coefficient (Wildman–Crippen LogP) is 5.85. The van der Waals surface area contributed by atoms with Crippen molar-refractivity contribution in [2.24, 2.45) is 5.41 Å². The minimum absolute atomic E-state index is 0.0911. The van der Waals surface area contributed by atoms with Gasteiger partial charge >= 0.3 is 0 Å². The van der Waals surface area contributed by atoms with Crippen molar-refractivity contribution in [3.05, 3.63) is 65.5 Å². The highest BCUT2D eigenvalue weighted by Gasteiger charge is 2.43. The Bertz CT molecular complexity index is 910. The van der Waals surface area contributed by atoms with Crippen LogP contribution in [0.1, 0.15) is 87.3 Å². The summed E-state index contributed by atoms with van der Waals surface area (Å²) in [7, 11) is 0. The van der Waals surface area contributed by atoms with Gasteiger partial charge in [-0.3, -0.25) is 9.78 Å². The molecule has 0 bridgehead atoms. The Morgan fingerprint density at radius 1 is 1.12 bits per heavy atom. The van der Waals surface area contributed by atoms with Crippen LogP contribution >= 0.6 is 0 Å². The van der Waals surface area contributed by atoms with E-state index in [-0.39, 0.29) is 17.4 Å². The summed E-state index contributed by atoms with van der Waals surface area (Å²) >= 11 is 0. The van der Waals surface area contributed by atoms with E-state index in [4.69, 9.17) is 0 Å². The molecule has 1 aliphatic carbocycles. The number of rotatable bonds is 5. The Kier molecular flexibility index (Phi) is 6.71. The minimum Gasteiger partial charge on any atom is -0.332 e. The van der Waals surface area contributed by atoms with Gasteiger partial charge < -0.3 is 9.80 Å². The molecular weight excluding hydrogens is 394 g/mol. The lowest BCUT2D eigenvalue weighted by Gasteiger charge is -2.49. The first-order chi connectivity index (χ1) is 15.3. The summed E-state index contributed by atoms with van der Waals surface area (Å²) in [4.78, 5) is 22.2. The average Bonchev–Trinajstić information content (AvgIpc) is 2.81. The molecule has 1 aromatic carbocycles. The summed E-state index contributed by atoms with van der Waals surface area (Å²) in [6.07, 6.45) is 9.32. The molecular formula is C28H39N3O. The van der Waals surface area contributed by atoms with E-state index < -0.39 is 0 Å². The maximum absolute atomic E-state index is 13.3. The molecule has 2 aliphatic rings. The van der Waals surface area contributed by atoms with Gasteiger partial charge in [0.15, 0.2) is 0 Å². The normalized spacial score (nSPS) is 20.7. The van der Waals surface area contributed by atoms with Gasteiger partial charge in [-0.2, -0.15) is 0 Å². The van der Waals surface area contributed by atoms with E-state index in [2.05, 4.69) is 66.7 Å². The Balaban J connectivity index is 1.54. The van der Waals surface area contributed by atoms with E-state index >= 15 is 0 Å². The number of benzene rings is 1. The van der Waals surface area contributed by atoms with E-state index in [1.807, 2.05) is 12.1 Å². The molecule has 1 aliphatic heterocycles. The Labute approximate surface area is 194 Å². The fraction of sp³-hybridized carbons (Fsp3) is 0.571. The summed E-state index contributed by atoms with van der Waals surface area (Å²) in [5.41, 5.74) is 4.19. The first-order valence-electron chi connectivity index (χ1n) is 12.4. The van der Waals surface area contributed by atoms with Crippen LogP contribution in [-0.4, -0.2) is 46.9 Å². The van der Waals surface area contributed by atoms with Crippen molar-refractivity contribution in [3.63, 3.8) is 0 Å². The number of hydrogen-bond acceptors (Lipinski definition) is 3. The lowest BCUT2D eigenvalue weighted by molar-refractivity contribution is 0.0620. The van der Waals surface area contributed by atoms with E-state index in [1.165, 1.54) is 56.4 Å². The van der Waals surface area contributed by atoms with Crippen molar-refractivity contribution < 1.29 is 4.79 Å². The van der Waals surface area contributed by atoms with Gasteiger partial charge in [0.05, 0.1) is 11.6 Å². The first kappa shape index (κ1) is 23.0. The zero-order valence-corrected chi connectivity index (χ0v) is 20.3. The van der Waals surface area contributed by atoms with E-state index in [0.717, 1.165) is 6.42 Å². The number of pyridine rings is 1. The van der Waals surface area contributed by atoms with Crippen molar-refractivity contribution in [1.29, 1.82) is 0 Å². The number of fused-ring (bicyclic) bond motifs is 2. The zero-order valence-electron chi connectivity index (χ0n) is 20.3. The van der Waals surface area contributed by atoms with Gasteiger partial charge in [0.1, 0.15) is 0 Å². The number of carbonyl (C=O) groups excluding carboxylic acids is 1. The molecule has 1 atom stereocenters. The number of amides is 1. The van der Waals surface area contributed by atoms with Crippen LogP contribution in [-0.2, 0) is 5.41 Å².